The highest BCUT2D eigenvalue weighted by molar-refractivity contribution is 6.46. The molecule has 1 atom stereocenters. The fourth-order valence-electron chi connectivity index (χ4n) is 3.76. The van der Waals surface area contributed by atoms with Crippen LogP contribution in [0.4, 0.5) is 0 Å². The number of carbonyl (C=O) groups is 3. The number of likely N-dealkylation sites (tertiary alicyclic amines) is 1. The molecule has 162 valence electrons. The van der Waals surface area contributed by atoms with Crippen molar-refractivity contribution >= 4 is 23.4 Å². The van der Waals surface area contributed by atoms with Crippen LogP contribution in [0.2, 0.25) is 0 Å². The van der Waals surface area contributed by atoms with E-state index >= 15 is 0 Å². The molecule has 1 heterocycles. The van der Waals surface area contributed by atoms with E-state index in [1.165, 1.54) is 12.0 Å². The third kappa shape index (κ3) is 4.94. The molecular formula is C24H25NO6. The van der Waals surface area contributed by atoms with Crippen LogP contribution < -0.4 is 4.74 Å². The summed E-state index contributed by atoms with van der Waals surface area (Å²) in [6.07, 6.45) is 1.71. The lowest BCUT2D eigenvalue weighted by molar-refractivity contribution is -0.140. The Bertz CT molecular complexity index is 998. The predicted molar refractivity (Wildman–Crippen MR) is 115 cm³/mol. The zero-order valence-corrected chi connectivity index (χ0v) is 17.3. The lowest BCUT2D eigenvalue weighted by atomic mass is 9.95. The number of hydrogen-bond donors (Lipinski definition) is 2. The van der Waals surface area contributed by atoms with Crippen molar-refractivity contribution in [2.24, 2.45) is 0 Å². The molecule has 7 heteroatoms. The van der Waals surface area contributed by atoms with Crippen molar-refractivity contribution in [1.29, 1.82) is 0 Å². The molecule has 1 saturated heterocycles. The number of hydrogen-bond acceptors (Lipinski definition) is 5. The summed E-state index contributed by atoms with van der Waals surface area (Å²) >= 11 is 0. The minimum absolute atomic E-state index is 0.0370. The van der Waals surface area contributed by atoms with Gasteiger partial charge in [0.2, 0.25) is 0 Å². The summed E-state index contributed by atoms with van der Waals surface area (Å²) in [4.78, 5) is 38.0. The Balaban J connectivity index is 1.98. The van der Waals surface area contributed by atoms with Crippen LogP contribution in [-0.2, 0) is 14.4 Å². The number of aliphatic hydroxyl groups is 1. The minimum atomic E-state index is -0.861. The number of unbranched alkanes of at least 4 members (excludes halogenated alkanes) is 2. The standard InChI is InChI=1S/C24H25NO6/c1-31-18-12-8-11-17(15-18)21-20(22(28)16-9-4-2-5-10-16)23(29)24(30)25(21)14-7-3-6-13-19(26)27/h2,4-5,8-12,15,21,28H,3,6-7,13-14H2,1H3,(H,26,27)/b22-20-. The molecule has 2 aromatic carbocycles. The van der Waals surface area contributed by atoms with Gasteiger partial charge in [-0.05, 0) is 30.5 Å². The second-order valence-corrected chi connectivity index (χ2v) is 7.34. The molecule has 0 radical (unpaired) electrons. The molecule has 1 fully saturated rings. The van der Waals surface area contributed by atoms with Crippen molar-refractivity contribution in [3.05, 3.63) is 71.3 Å². The Morgan fingerprint density at radius 3 is 2.42 bits per heavy atom. The average molecular weight is 423 g/mol. The highest BCUT2D eigenvalue weighted by Gasteiger charge is 2.45. The molecule has 1 aliphatic rings. The van der Waals surface area contributed by atoms with E-state index in [9.17, 15) is 19.5 Å². The van der Waals surface area contributed by atoms with Crippen LogP contribution in [0, 0.1) is 0 Å². The first-order valence-electron chi connectivity index (χ1n) is 10.1. The van der Waals surface area contributed by atoms with Crippen molar-refractivity contribution in [1.82, 2.24) is 4.90 Å². The maximum atomic E-state index is 12.9. The molecule has 3 rings (SSSR count). The third-order valence-corrected chi connectivity index (χ3v) is 5.29. The van der Waals surface area contributed by atoms with Gasteiger partial charge in [-0.2, -0.15) is 0 Å². The first kappa shape index (κ1) is 22.1. The van der Waals surface area contributed by atoms with E-state index in [0.29, 0.717) is 36.1 Å². The van der Waals surface area contributed by atoms with Gasteiger partial charge in [-0.1, -0.05) is 48.9 Å². The number of methoxy groups -OCH3 is 1. The molecule has 1 aliphatic heterocycles. The molecule has 1 unspecified atom stereocenters. The Labute approximate surface area is 180 Å². The van der Waals surface area contributed by atoms with Gasteiger partial charge in [0.15, 0.2) is 0 Å². The topological polar surface area (TPSA) is 104 Å². The number of aliphatic hydroxyl groups excluding tert-OH is 1. The average Bonchev–Trinajstić information content (AvgIpc) is 3.03. The molecule has 0 aromatic heterocycles. The van der Waals surface area contributed by atoms with E-state index in [-0.39, 0.29) is 24.3 Å². The number of amides is 1. The molecule has 0 spiro atoms. The zero-order chi connectivity index (χ0) is 22.4. The number of carbonyl (C=O) groups excluding carboxylic acids is 2. The molecule has 0 aliphatic carbocycles. The first-order valence-corrected chi connectivity index (χ1v) is 10.1. The van der Waals surface area contributed by atoms with Gasteiger partial charge in [0.1, 0.15) is 11.5 Å². The molecule has 0 saturated carbocycles. The summed E-state index contributed by atoms with van der Waals surface area (Å²) < 4.78 is 5.30. The Morgan fingerprint density at radius 2 is 1.74 bits per heavy atom. The normalized spacial score (nSPS) is 17.7. The minimum Gasteiger partial charge on any atom is -0.507 e. The monoisotopic (exact) mass is 423 g/mol. The Kier molecular flexibility index (Phi) is 7.07. The molecular weight excluding hydrogens is 398 g/mol. The molecule has 2 N–H and O–H groups in total. The zero-order valence-electron chi connectivity index (χ0n) is 17.3. The van der Waals surface area contributed by atoms with Crippen LogP contribution in [0.15, 0.2) is 60.2 Å². The van der Waals surface area contributed by atoms with Gasteiger partial charge < -0.3 is 19.8 Å². The van der Waals surface area contributed by atoms with Gasteiger partial charge in [-0.15, -0.1) is 0 Å². The van der Waals surface area contributed by atoms with Crippen molar-refractivity contribution in [3.8, 4) is 5.75 Å². The molecule has 31 heavy (non-hydrogen) atoms. The second-order valence-electron chi connectivity index (χ2n) is 7.34. The van der Waals surface area contributed by atoms with E-state index in [1.54, 1.807) is 54.6 Å². The molecule has 0 bridgehead atoms. The van der Waals surface area contributed by atoms with Gasteiger partial charge in [0.05, 0.1) is 18.7 Å². The van der Waals surface area contributed by atoms with Gasteiger partial charge in [-0.25, -0.2) is 0 Å². The van der Waals surface area contributed by atoms with Crippen LogP contribution in [-0.4, -0.2) is 46.4 Å². The van der Waals surface area contributed by atoms with Crippen molar-refractivity contribution in [3.63, 3.8) is 0 Å². The fourth-order valence-corrected chi connectivity index (χ4v) is 3.76. The van der Waals surface area contributed by atoms with Gasteiger partial charge >= 0.3 is 5.97 Å². The Morgan fingerprint density at radius 1 is 1.00 bits per heavy atom. The predicted octanol–water partition coefficient (Wildman–Crippen LogP) is 3.76. The van der Waals surface area contributed by atoms with E-state index in [2.05, 4.69) is 0 Å². The van der Waals surface area contributed by atoms with Crippen LogP contribution in [0.1, 0.15) is 42.9 Å². The number of carboxylic acid groups (broad SMARTS) is 1. The van der Waals surface area contributed by atoms with Crippen molar-refractivity contribution in [2.45, 2.75) is 31.7 Å². The van der Waals surface area contributed by atoms with E-state index in [4.69, 9.17) is 9.84 Å². The summed E-state index contributed by atoms with van der Waals surface area (Å²) in [6.45, 7) is 0.275. The maximum absolute atomic E-state index is 12.9. The number of rotatable bonds is 9. The number of ether oxygens (including phenoxy) is 1. The number of Topliss-reactive ketones (excluding diaryl/α,β-unsaturated/α-hetero) is 1. The Hall–Kier alpha value is -3.61. The summed E-state index contributed by atoms with van der Waals surface area (Å²) in [5.74, 6) is -1.92. The van der Waals surface area contributed by atoms with Gasteiger partial charge in [-0.3, -0.25) is 14.4 Å². The fraction of sp³-hybridized carbons (Fsp3) is 0.292. The third-order valence-electron chi connectivity index (χ3n) is 5.29. The van der Waals surface area contributed by atoms with Crippen LogP contribution in [0.3, 0.4) is 0 Å². The lowest BCUT2D eigenvalue weighted by Crippen LogP contribution is -2.30. The quantitative estimate of drug-likeness (QED) is 0.275. The number of benzene rings is 2. The second kappa shape index (κ2) is 9.93. The van der Waals surface area contributed by atoms with Crippen LogP contribution >= 0.6 is 0 Å². The molecule has 7 nitrogen and oxygen atoms in total. The summed E-state index contributed by atoms with van der Waals surface area (Å²) in [5.41, 5.74) is 1.14. The highest BCUT2D eigenvalue weighted by Crippen LogP contribution is 2.40. The SMILES string of the molecule is COc1cccc(C2/C(=C(/O)c3ccccc3)C(=O)C(=O)N2CCCCCC(=O)O)c1. The summed E-state index contributed by atoms with van der Waals surface area (Å²) in [6, 6.07) is 14.9. The van der Waals surface area contributed by atoms with E-state index in [1.807, 2.05) is 0 Å². The van der Waals surface area contributed by atoms with Gasteiger partial charge in [0.25, 0.3) is 11.7 Å². The highest BCUT2D eigenvalue weighted by atomic mass is 16.5. The van der Waals surface area contributed by atoms with Crippen LogP contribution in [0.5, 0.6) is 5.75 Å². The first-order chi connectivity index (χ1) is 14.9. The van der Waals surface area contributed by atoms with E-state index in [0.717, 1.165) is 0 Å². The number of aliphatic carboxylic acids is 1. The van der Waals surface area contributed by atoms with E-state index < -0.39 is 23.7 Å². The maximum Gasteiger partial charge on any atom is 0.303 e. The van der Waals surface area contributed by atoms with Crippen LogP contribution in [0.25, 0.3) is 5.76 Å². The number of nitrogens with zero attached hydrogens (tertiary/aromatic N) is 1. The largest absolute Gasteiger partial charge is 0.507 e. The van der Waals surface area contributed by atoms with Gasteiger partial charge in [0, 0.05) is 18.5 Å². The summed E-state index contributed by atoms with van der Waals surface area (Å²) in [7, 11) is 1.53. The number of carboxylic acids is 1. The lowest BCUT2D eigenvalue weighted by Gasteiger charge is -2.25. The van der Waals surface area contributed by atoms with Crippen molar-refractivity contribution < 1.29 is 29.3 Å². The molecule has 1 amide bonds. The molecule has 2 aromatic rings. The smallest absolute Gasteiger partial charge is 0.303 e. The summed E-state index contributed by atoms with van der Waals surface area (Å²) in [5, 5.41) is 19.7. The van der Waals surface area contributed by atoms with Crippen molar-refractivity contribution in [2.75, 3.05) is 13.7 Å². The number of ketones is 1.